The number of amides is 2. The Balaban J connectivity index is 1.54. The van der Waals surface area contributed by atoms with E-state index in [-0.39, 0.29) is 12.6 Å². The molecule has 0 unspecified atom stereocenters. The Kier molecular flexibility index (Phi) is 4.29. The predicted molar refractivity (Wildman–Crippen MR) is 96.3 cm³/mol. The Morgan fingerprint density at radius 2 is 2.12 bits per heavy atom. The van der Waals surface area contributed by atoms with Crippen LogP contribution in [-0.4, -0.2) is 32.6 Å². The lowest BCUT2D eigenvalue weighted by atomic mass is 10.3. The first-order valence-electron chi connectivity index (χ1n) is 8.10. The number of nitrogens with zero attached hydrogens (tertiary/aromatic N) is 3. The third-order valence-electron chi connectivity index (χ3n) is 3.97. The van der Waals surface area contributed by atoms with Crippen molar-refractivity contribution in [2.24, 2.45) is 5.92 Å². The summed E-state index contributed by atoms with van der Waals surface area (Å²) in [6.07, 6.45) is 4.06. The van der Waals surface area contributed by atoms with Gasteiger partial charge >= 0.3 is 6.03 Å². The highest BCUT2D eigenvalue weighted by Gasteiger charge is 2.21. The Morgan fingerprint density at radius 3 is 2.88 bits per heavy atom. The molecule has 1 aliphatic rings. The Bertz CT molecular complexity index is 922. The van der Waals surface area contributed by atoms with Gasteiger partial charge in [-0.3, -0.25) is 10.3 Å². The number of hydrogen-bond donors (Lipinski definition) is 3. The van der Waals surface area contributed by atoms with E-state index in [0.29, 0.717) is 35.1 Å². The molecule has 1 saturated carbocycles. The number of carbonyl (C=O) groups is 1. The van der Waals surface area contributed by atoms with Crippen LogP contribution in [0.15, 0.2) is 30.5 Å². The molecule has 8 heteroatoms. The average Bonchev–Trinajstić information content (AvgIpc) is 3.34. The topological polar surface area (TPSA) is 100 Å². The van der Waals surface area contributed by atoms with E-state index in [4.69, 9.17) is 0 Å². The zero-order chi connectivity index (χ0) is 17.2. The van der Waals surface area contributed by atoms with E-state index in [9.17, 15) is 9.90 Å². The van der Waals surface area contributed by atoms with Gasteiger partial charge in [0.25, 0.3) is 0 Å². The summed E-state index contributed by atoms with van der Waals surface area (Å²) in [7, 11) is 0. The summed E-state index contributed by atoms with van der Waals surface area (Å²) >= 11 is 1.46. The number of aliphatic hydroxyl groups excluding tert-OH is 1. The zero-order valence-corrected chi connectivity index (χ0v) is 14.2. The summed E-state index contributed by atoms with van der Waals surface area (Å²) in [5.41, 5.74) is 1.82. The van der Waals surface area contributed by atoms with Crippen LogP contribution in [0.3, 0.4) is 0 Å². The van der Waals surface area contributed by atoms with Gasteiger partial charge in [-0.25, -0.2) is 14.8 Å². The summed E-state index contributed by atoms with van der Waals surface area (Å²) < 4.78 is 0. The van der Waals surface area contributed by atoms with Crippen molar-refractivity contribution in [2.45, 2.75) is 19.4 Å². The smallest absolute Gasteiger partial charge is 0.320 e. The van der Waals surface area contributed by atoms with E-state index in [0.717, 1.165) is 9.75 Å². The standard InChI is InChI=1S/C17H17N5O2S/c23-9-11-3-5-14(25-11)13-8-18-12-4-6-15(21-16(12)20-13)22-17(24)19-7-10-1-2-10/h3-6,8,10,23H,1-2,7,9H2,(H2,19,20,21,22,24). The lowest BCUT2D eigenvalue weighted by Gasteiger charge is -2.07. The number of rotatable bonds is 5. The van der Waals surface area contributed by atoms with Crippen LogP contribution in [0.4, 0.5) is 10.6 Å². The van der Waals surface area contributed by atoms with E-state index < -0.39 is 0 Å². The van der Waals surface area contributed by atoms with Crippen molar-refractivity contribution in [1.29, 1.82) is 0 Å². The number of anilines is 1. The molecular formula is C17H17N5O2S. The van der Waals surface area contributed by atoms with Gasteiger partial charge in [0.15, 0.2) is 5.65 Å². The normalized spacial score (nSPS) is 13.8. The highest BCUT2D eigenvalue weighted by Crippen LogP contribution is 2.28. The van der Waals surface area contributed by atoms with Gasteiger partial charge in [0.05, 0.1) is 17.7 Å². The van der Waals surface area contributed by atoms with Gasteiger partial charge in [-0.15, -0.1) is 11.3 Å². The number of aromatic nitrogens is 3. The van der Waals surface area contributed by atoms with Gasteiger partial charge < -0.3 is 10.4 Å². The molecule has 1 fully saturated rings. The number of thiophene rings is 1. The molecule has 0 radical (unpaired) electrons. The van der Waals surface area contributed by atoms with Crippen LogP contribution in [0, 0.1) is 5.92 Å². The van der Waals surface area contributed by atoms with Gasteiger partial charge in [-0.1, -0.05) is 0 Å². The highest BCUT2D eigenvalue weighted by atomic mass is 32.1. The van der Waals surface area contributed by atoms with Crippen molar-refractivity contribution in [1.82, 2.24) is 20.3 Å². The van der Waals surface area contributed by atoms with Crippen LogP contribution in [0.25, 0.3) is 21.7 Å². The maximum atomic E-state index is 11.9. The molecule has 3 heterocycles. The second-order valence-corrected chi connectivity index (χ2v) is 7.17. The fourth-order valence-electron chi connectivity index (χ4n) is 2.41. The maximum absolute atomic E-state index is 11.9. The first kappa shape index (κ1) is 15.9. The van der Waals surface area contributed by atoms with Crippen LogP contribution >= 0.6 is 11.3 Å². The van der Waals surface area contributed by atoms with Crippen molar-refractivity contribution < 1.29 is 9.90 Å². The van der Waals surface area contributed by atoms with Gasteiger partial charge in [0, 0.05) is 11.4 Å². The van der Waals surface area contributed by atoms with Gasteiger partial charge in [0.2, 0.25) is 0 Å². The largest absolute Gasteiger partial charge is 0.391 e. The van der Waals surface area contributed by atoms with Crippen LogP contribution in [0.2, 0.25) is 0 Å². The molecule has 0 atom stereocenters. The molecule has 128 valence electrons. The van der Waals surface area contributed by atoms with Gasteiger partial charge in [0.1, 0.15) is 17.0 Å². The number of carbonyl (C=O) groups excluding carboxylic acids is 1. The molecule has 0 bridgehead atoms. The number of nitrogens with one attached hydrogen (secondary N) is 2. The maximum Gasteiger partial charge on any atom is 0.320 e. The fourth-order valence-corrected chi connectivity index (χ4v) is 3.23. The Hall–Kier alpha value is -2.58. The molecule has 2 amide bonds. The van der Waals surface area contributed by atoms with E-state index in [1.54, 1.807) is 18.3 Å². The van der Waals surface area contributed by atoms with Crippen molar-refractivity contribution in [2.75, 3.05) is 11.9 Å². The summed E-state index contributed by atoms with van der Waals surface area (Å²) in [5, 5.41) is 14.8. The Morgan fingerprint density at radius 1 is 1.24 bits per heavy atom. The minimum Gasteiger partial charge on any atom is -0.391 e. The molecule has 0 aliphatic heterocycles. The summed E-state index contributed by atoms with van der Waals surface area (Å²) in [6.45, 7) is 0.711. The highest BCUT2D eigenvalue weighted by molar-refractivity contribution is 7.15. The minimum atomic E-state index is -0.256. The van der Waals surface area contributed by atoms with Gasteiger partial charge in [-0.05, 0) is 43.0 Å². The van der Waals surface area contributed by atoms with Crippen LogP contribution < -0.4 is 10.6 Å². The monoisotopic (exact) mass is 355 g/mol. The number of pyridine rings is 1. The molecule has 3 N–H and O–H groups in total. The predicted octanol–water partition coefficient (Wildman–Crippen LogP) is 2.78. The lowest BCUT2D eigenvalue weighted by Crippen LogP contribution is -2.30. The van der Waals surface area contributed by atoms with Crippen molar-refractivity contribution in [3.63, 3.8) is 0 Å². The van der Waals surface area contributed by atoms with E-state index >= 15 is 0 Å². The third-order valence-corrected chi connectivity index (χ3v) is 5.06. The second-order valence-electron chi connectivity index (χ2n) is 6.00. The minimum absolute atomic E-state index is 0.00790. The fraction of sp³-hybridized carbons (Fsp3) is 0.294. The van der Waals surface area contributed by atoms with Crippen molar-refractivity contribution >= 4 is 34.3 Å². The van der Waals surface area contributed by atoms with Crippen LogP contribution in [0.5, 0.6) is 0 Å². The van der Waals surface area contributed by atoms with Gasteiger partial charge in [-0.2, -0.15) is 0 Å². The summed E-state index contributed by atoms with van der Waals surface area (Å²) in [6, 6.07) is 7.00. The van der Waals surface area contributed by atoms with E-state index in [2.05, 4.69) is 25.6 Å². The van der Waals surface area contributed by atoms with Crippen LogP contribution in [0.1, 0.15) is 17.7 Å². The molecule has 1 aliphatic carbocycles. The zero-order valence-electron chi connectivity index (χ0n) is 13.4. The first-order chi connectivity index (χ1) is 12.2. The summed E-state index contributed by atoms with van der Waals surface area (Å²) in [5.74, 6) is 1.06. The average molecular weight is 355 g/mol. The number of aliphatic hydroxyl groups is 1. The molecule has 0 spiro atoms. The molecule has 3 aromatic heterocycles. The summed E-state index contributed by atoms with van der Waals surface area (Å²) in [4.78, 5) is 27.0. The molecular weight excluding hydrogens is 338 g/mol. The second kappa shape index (κ2) is 6.73. The molecule has 0 aromatic carbocycles. The molecule has 7 nitrogen and oxygen atoms in total. The van der Waals surface area contributed by atoms with Crippen molar-refractivity contribution in [3.05, 3.63) is 35.3 Å². The van der Waals surface area contributed by atoms with Crippen LogP contribution in [-0.2, 0) is 6.61 Å². The molecule has 3 aromatic rings. The number of hydrogen-bond acceptors (Lipinski definition) is 6. The molecule has 0 saturated heterocycles. The quantitative estimate of drug-likeness (QED) is 0.653. The van der Waals surface area contributed by atoms with E-state index in [1.165, 1.54) is 24.2 Å². The van der Waals surface area contributed by atoms with E-state index in [1.807, 2.05) is 12.1 Å². The molecule has 25 heavy (non-hydrogen) atoms. The third kappa shape index (κ3) is 3.75. The number of fused-ring (bicyclic) bond motifs is 1. The van der Waals surface area contributed by atoms with Crippen molar-refractivity contribution in [3.8, 4) is 10.6 Å². The lowest BCUT2D eigenvalue weighted by molar-refractivity contribution is 0.251. The SMILES string of the molecule is O=C(NCC1CC1)Nc1ccc2ncc(-c3ccc(CO)s3)nc2n1. The number of urea groups is 1. The molecule has 4 rings (SSSR count). The first-order valence-corrected chi connectivity index (χ1v) is 8.91. The Labute approximate surface area is 148 Å².